The lowest BCUT2D eigenvalue weighted by Gasteiger charge is -2.10. The number of amides is 1. The molecule has 0 atom stereocenters. The van der Waals surface area contributed by atoms with Gasteiger partial charge in [-0.3, -0.25) is 4.79 Å². The van der Waals surface area contributed by atoms with Crippen LogP contribution in [-0.4, -0.2) is 38.2 Å². The number of para-hydroxylation sites is 1. The van der Waals surface area contributed by atoms with Gasteiger partial charge in [0.1, 0.15) is 11.3 Å². The Hall–Kier alpha value is -5.05. The lowest BCUT2D eigenvalue weighted by atomic mass is 10.0. The first kappa shape index (κ1) is 21.5. The first-order valence-corrected chi connectivity index (χ1v) is 11.2. The van der Waals surface area contributed by atoms with Crippen molar-refractivity contribution in [3.8, 4) is 22.7 Å². The quantitative estimate of drug-likeness (QED) is 0.365. The van der Waals surface area contributed by atoms with Gasteiger partial charge in [-0.2, -0.15) is 0 Å². The lowest BCUT2D eigenvalue weighted by molar-refractivity contribution is 0.102. The van der Waals surface area contributed by atoms with Crippen LogP contribution in [0.2, 0.25) is 0 Å². The maximum Gasteiger partial charge on any atom is 0.259 e. The second-order valence-corrected chi connectivity index (χ2v) is 8.22. The summed E-state index contributed by atoms with van der Waals surface area (Å²) in [4.78, 5) is 18.0. The van der Waals surface area contributed by atoms with Gasteiger partial charge >= 0.3 is 0 Å². The van der Waals surface area contributed by atoms with E-state index in [4.69, 9.17) is 9.26 Å². The summed E-state index contributed by atoms with van der Waals surface area (Å²) in [5.41, 5.74) is 5.94. The molecule has 9 nitrogen and oxygen atoms in total. The van der Waals surface area contributed by atoms with Gasteiger partial charge in [-0.25, -0.2) is 9.67 Å². The van der Waals surface area contributed by atoms with E-state index in [0.29, 0.717) is 33.7 Å². The summed E-state index contributed by atoms with van der Waals surface area (Å²) in [5, 5.41) is 16.0. The van der Waals surface area contributed by atoms with Crippen molar-refractivity contribution < 1.29 is 14.1 Å². The van der Waals surface area contributed by atoms with Gasteiger partial charge in [-0.15, -0.1) is 5.10 Å². The molecule has 1 N–H and O–H groups in total. The van der Waals surface area contributed by atoms with Gasteiger partial charge in [0.2, 0.25) is 0 Å². The molecule has 0 unspecified atom stereocenters. The number of aryl methyl sites for hydroxylation is 1. The van der Waals surface area contributed by atoms with E-state index < -0.39 is 0 Å². The van der Waals surface area contributed by atoms with Crippen LogP contribution in [-0.2, 0) is 0 Å². The van der Waals surface area contributed by atoms with Gasteiger partial charge in [0.25, 0.3) is 11.6 Å². The Morgan fingerprint density at radius 2 is 1.78 bits per heavy atom. The van der Waals surface area contributed by atoms with Crippen LogP contribution in [0, 0.1) is 6.92 Å². The Bertz CT molecular complexity index is 1720. The minimum atomic E-state index is -0.289. The molecule has 6 rings (SSSR count). The molecule has 0 radical (unpaired) electrons. The van der Waals surface area contributed by atoms with Gasteiger partial charge in [-0.1, -0.05) is 22.5 Å². The number of pyridine rings is 1. The van der Waals surface area contributed by atoms with Crippen molar-refractivity contribution in [3.63, 3.8) is 0 Å². The topological polar surface area (TPSA) is 108 Å². The van der Waals surface area contributed by atoms with Crippen LogP contribution in [0.1, 0.15) is 16.1 Å². The second-order valence-electron chi connectivity index (χ2n) is 8.22. The predicted octanol–water partition coefficient (Wildman–Crippen LogP) is 5.19. The maximum absolute atomic E-state index is 13.4. The van der Waals surface area contributed by atoms with Gasteiger partial charge in [0, 0.05) is 11.3 Å². The van der Waals surface area contributed by atoms with E-state index in [1.165, 1.54) is 0 Å². The number of ether oxygens (including phenoxy) is 1. The lowest BCUT2D eigenvalue weighted by Crippen LogP contribution is -2.13. The molecule has 0 aliphatic heterocycles. The maximum atomic E-state index is 13.4. The van der Waals surface area contributed by atoms with Gasteiger partial charge in [0.05, 0.1) is 40.7 Å². The fourth-order valence-corrected chi connectivity index (χ4v) is 4.13. The Kier molecular flexibility index (Phi) is 5.15. The average molecular weight is 476 g/mol. The summed E-state index contributed by atoms with van der Waals surface area (Å²) in [6, 6.07) is 24.3. The van der Waals surface area contributed by atoms with E-state index in [1.807, 2.05) is 72.8 Å². The molecule has 0 saturated heterocycles. The molecule has 0 aliphatic rings. The van der Waals surface area contributed by atoms with Crippen LogP contribution in [0.5, 0.6) is 5.75 Å². The van der Waals surface area contributed by atoms with Crippen LogP contribution < -0.4 is 10.1 Å². The molecule has 3 aromatic heterocycles. The van der Waals surface area contributed by atoms with E-state index in [1.54, 1.807) is 24.8 Å². The molecule has 36 heavy (non-hydrogen) atoms. The third-order valence-corrected chi connectivity index (χ3v) is 5.97. The van der Waals surface area contributed by atoms with Crippen molar-refractivity contribution in [1.82, 2.24) is 25.1 Å². The third kappa shape index (κ3) is 3.72. The fraction of sp³-hybridized carbons (Fsp3) is 0.0741. The standard InChI is InChI=1S/C27H20N6O3/c1-16-25-21(15-23(29-27(25)36-31-16)17-7-13-20(35-2)14-8-17)26(34)28-18-9-11-19(12-10-18)33-24-6-4-3-5-22(24)30-32-33/h3-15H,1-2H3,(H,28,34). The summed E-state index contributed by atoms with van der Waals surface area (Å²) >= 11 is 0. The number of anilines is 1. The minimum Gasteiger partial charge on any atom is -0.497 e. The van der Waals surface area contributed by atoms with E-state index in [-0.39, 0.29) is 5.91 Å². The molecule has 1 amide bonds. The van der Waals surface area contributed by atoms with E-state index >= 15 is 0 Å². The highest BCUT2D eigenvalue weighted by Crippen LogP contribution is 2.29. The van der Waals surface area contributed by atoms with Crippen LogP contribution in [0.4, 0.5) is 5.69 Å². The zero-order valence-electron chi connectivity index (χ0n) is 19.5. The molecule has 0 fully saturated rings. The Balaban J connectivity index is 1.32. The molecule has 3 aromatic carbocycles. The Morgan fingerprint density at radius 1 is 1.00 bits per heavy atom. The minimum absolute atomic E-state index is 0.289. The number of hydrogen-bond acceptors (Lipinski definition) is 7. The normalized spacial score (nSPS) is 11.2. The number of nitrogens with one attached hydrogen (secondary N) is 1. The van der Waals surface area contributed by atoms with Crippen molar-refractivity contribution in [2.75, 3.05) is 12.4 Å². The molecular weight excluding hydrogens is 456 g/mol. The molecule has 6 aromatic rings. The number of hydrogen-bond donors (Lipinski definition) is 1. The van der Waals surface area contributed by atoms with Crippen LogP contribution in [0.3, 0.4) is 0 Å². The van der Waals surface area contributed by atoms with Crippen LogP contribution >= 0.6 is 0 Å². The summed E-state index contributed by atoms with van der Waals surface area (Å²) < 4.78 is 12.4. The number of methoxy groups -OCH3 is 1. The van der Waals surface area contributed by atoms with Crippen molar-refractivity contribution in [2.24, 2.45) is 0 Å². The molecule has 0 aliphatic carbocycles. The van der Waals surface area contributed by atoms with E-state index in [0.717, 1.165) is 28.0 Å². The van der Waals surface area contributed by atoms with E-state index in [2.05, 4.69) is 25.8 Å². The number of fused-ring (bicyclic) bond motifs is 2. The number of carbonyl (C=O) groups excluding carboxylic acids is 1. The van der Waals surface area contributed by atoms with Gasteiger partial charge < -0.3 is 14.6 Å². The molecule has 0 saturated carbocycles. The number of rotatable bonds is 5. The molecule has 3 heterocycles. The molecule has 176 valence electrons. The molecule has 0 bridgehead atoms. The average Bonchev–Trinajstić information content (AvgIpc) is 3.52. The monoisotopic (exact) mass is 476 g/mol. The summed E-state index contributed by atoms with van der Waals surface area (Å²) in [5.74, 6) is 0.443. The predicted molar refractivity (Wildman–Crippen MR) is 135 cm³/mol. The molecule has 9 heteroatoms. The highest BCUT2D eigenvalue weighted by molar-refractivity contribution is 6.13. The first-order valence-electron chi connectivity index (χ1n) is 11.2. The number of aromatic nitrogens is 5. The zero-order chi connectivity index (χ0) is 24.6. The van der Waals surface area contributed by atoms with Gasteiger partial charge in [0.15, 0.2) is 0 Å². The van der Waals surface area contributed by atoms with Crippen molar-refractivity contribution in [2.45, 2.75) is 6.92 Å². The van der Waals surface area contributed by atoms with E-state index in [9.17, 15) is 4.79 Å². The largest absolute Gasteiger partial charge is 0.497 e. The molecular formula is C27H20N6O3. The first-order chi connectivity index (χ1) is 17.6. The highest BCUT2D eigenvalue weighted by atomic mass is 16.5. The summed E-state index contributed by atoms with van der Waals surface area (Å²) in [7, 11) is 1.61. The molecule has 0 spiro atoms. The van der Waals surface area contributed by atoms with Crippen LogP contribution in [0.25, 0.3) is 39.1 Å². The number of nitrogens with zero attached hydrogens (tertiary/aromatic N) is 5. The number of benzene rings is 3. The highest BCUT2D eigenvalue weighted by Gasteiger charge is 2.20. The fourth-order valence-electron chi connectivity index (χ4n) is 4.13. The SMILES string of the molecule is COc1ccc(-c2cc(C(=O)Nc3ccc(-n4nnc5ccccc54)cc3)c3c(C)noc3n2)cc1. The van der Waals surface area contributed by atoms with Crippen molar-refractivity contribution in [1.29, 1.82) is 0 Å². The zero-order valence-corrected chi connectivity index (χ0v) is 19.5. The Morgan fingerprint density at radius 3 is 2.56 bits per heavy atom. The van der Waals surface area contributed by atoms with Gasteiger partial charge in [-0.05, 0) is 73.7 Å². The summed E-state index contributed by atoms with van der Waals surface area (Å²) in [6.07, 6.45) is 0. The second kappa shape index (κ2) is 8.62. The van der Waals surface area contributed by atoms with Crippen molar-refractivity contribution >= 4 is 33.7 Å². The summed E-state index contributed by atoms with van der Waals surface area (Å²) in [6.45, 7) is 1.79. The van der Waals surface area contributed by atoms with Crippen LogP contribution in [0.15, 0.2) is 83.4 Å². The third-order valence-electron chi connectivity index (χ3n) is 5.97. The Labute approximate surface area is 205 Å². The number of carbonyl (C=O) groups is 1. The smallest absolute Gasteiger partial charge is 0.259 e. The van der Waals surface area contributed by atoms with Crippen molar-refractivity contribution in [3.05, 3.63) is 90.1 Å².